The van der Waals surface area contributed by atoms with Crippen LogP contribution in [0.15, 0.2) is 54.7 Å². The molecule has 5 heteroatoms. The van der Waals surface area contributed by atoms with Crippen LogP contribution in [0, 0.1) is 0 Å². The van der Waals surface area contributed by atoms with Gasteiger partial charge >= 0.3 is 6.03 Å². The number of carbonyl (C=O) groups excluding carboxylic acids is 1. The molecule has 0 saturated heterocycles. The molecule has 1 fully saturated rings. The summed E-state index contributed by atoms with van der Waals surface area (Å²) in [5, 5.41) is 13.9. The summed E-state index contributed by atoms with van der Waals surface area (Å²) >= 11 is 0. The van der Waals surface area contributed by atoms with Gasteiger partial charge in [-0.25, -0.2) is 4.79 Å². The molecule has 0 radical (unpaired) electrons. The molecule has 0 spiro atoms. The Morgan fingerprint density at radius 1 is 1.20 bits per heavy atom. The van der Waals surface area contributed by atoms with E-state index in [4.69, 9.17) is 0 Å². The van der Waals surface area contributed by atoms with Crippen molar-refractivity contribution in [1.29, 1.82) is 0 Å². The molecule has 4 rings (SSSR count). The number of benzene rings is 2. The number of aromatic nitrogens is 2. The predicted molar refractivity (Wildman–Crippen MR) is 99.7 cm³/mol. The van der Waals surface area contributed by atoms with Gasteiger partial charge < -0.3 is 10.6 Å². The van der Waals surface area contributed by atoms with Gasteiger partial charge in [-0.2, -0.15) is 5.10 Å². The summed E-state index contributed by atoms with van der Waals surface area (Å²) in [6.07, 6.45) is 4.77. The lowest BCUT2D eigenvalue weighted by Crippen LogP contribution is -2.37. The standard InChI is InChI=1S/C20H22N4O/c1-20(14-6-3-2-4-7-14)11-10-15(12-20)22-19(25)23-17-8-5-9-18-16(17)13-21-24-18/h2-9,13,15H,10-12H2,1H3,(H,21,24)(H2,22,23,25). The molecule has 25 heavy (non-hydrogen) atoms. The first kappa shape index (κ1) is 15.7. The summed E-state index contributed by atoms with van der Waals surface area (Å²) in [4.78, 5) is 12.4. The van der Waals surface area contributed by atoms with E-state index in [2.05, 4.69) is 52.0 Å². The summed E-state index contributed by atoms with van der Waals surface area (Å²) in [7, 11) is 0. The number of fused-ring (bicyclic) bond motifs is 1. The van der Waals surface area contributed by atoms with Gasteiger partial charge in [0.2, 0.25) is 0 Å². The number of anilines is 1. The molecule has 3 N–H and O–H groups in total. The summed E-state index contributed by atoms with van der Waals surface area (Å²) in [5.74, 6) is 0. The first-order valence-electron chi connectivity index (χ1n) is 8.69. The number of urea groups is 1. The van der Waals surface area contributed by atoms with Crippen molar-refractivity contribution >= 4 is 22.6 Å². The fourth-order valence-electron chi connectivity index (χ4n) is 3.89. The van der Waals surface area contributed by atoms with E-state index in [1.54, 1.807) is 6.20 Å². The molecule has 2 atom stereocenters. The van der Waals surface area contributed by atoms with E-state index in [1.807, 2.05) is 24.3 Å². The lowest BCUT2D eigenvalue weighted by atomic mass is 9.81. The molecule has 1 saturated carbocycles. The SMILES string of the molecule is CC1(c2ccccc2)CCC(NC(=O)Nc2cccc3[nH]ncc23)C1. The van der Waals surface area contributed by atoms with Crippen LogP contribution in [-0.2, 0) is 5.41 Å². The van der Waals surface area contributed by atoms with E-state index in [-0.39, 0.29) is 17.5 Å². The summed E-state index contributed by atoms with van der Waals surface area (Å²) < 4.78 is 0. The van der Waals surface area contributed by atoms with Crippen molar-refractivity contribution in [2.45, 2.75) is 37.6 Å². The van der Waals surface area contributed by atoms with Gasteiger partial charge in [0.25, 0.3) is 0 Å². The van der Waals surface area contributed by atoms with Crippen LogP contribution in [0.5, 0.6) is 0 Å². The molecule has 1 aromatic heterocycles. The molecule has 1 aliphatic carbocycles. The highest BCUT2D eigenvalue weighted by Gasteiger charge is 2.36. The molecule has 0 aliphatic heterocycles. The summed E-state index contributed by atoms with van der Waals surface area (Å²) in [6.45, 7) is 2.29. The molecule has 2 unspecified atom stereocenters. The van der Waals surface area contributed by atoms with Gasteiger partial charge in [0, 0.05) is 11.4 Å². The van der Waals surface area contributed by atoms with Crippen LogP contribution >= 0.6 is 0 Å². The molecular formula is C20H22N4O. The second-order valence-corrected chi connectivity index (χ2v) is 7.10. The summed E-state index contributed by atoms with van der Waals surface area (Å²) in [5.41, 5.74) is 3.16. The molecule has 2 amide bonds. The first-order chi connectivity index (χ1) is 12.1. The number of hydrogen-bond donors (Lipinski definition) is 3. The number of nitrogens with zero attached hydrogens (tertiary/aromatic N) is 1. The minimum Gasteiger partial charge on any atom is -0.335 e. The van der Waals surface area contributed by atoms with Gasteiger partial charge in [-0.1, -0.05) is 43.3 Å². The van der Waals surface area contributed by atoms with E-state index in [0.717, 1.165) is 35.9 Å². The highest BCUT2D eigenvalue weighted by atomic mass is 16.2. The normalized spacial score (nSPS) is 22.8. The fourth-order valence-corrected chi connectivity index (χ4v) is 3.89. The second-order valence-electron chi connectivity index (χ2n) is 7.10. The summed E-state index contributed by atoms with van der Waals surface area (Å²) in [6, 6.07) is 16.3. The maximum absolute atomic E-state index is 12.4. The van der Waals surface area contributed by atoms with Crippen molar-refractivity contribution < 1.29 is 4.79 Å². The Labute approximate surface area is 146 Å². The molecule has 5 nitrogen and oxygen atoms in total. The van der Waals surface area contributed by atoms with Crippen molar-refractivity contribution in [3.05, 3.63) is 60.3 Å². The van der Waals surface area contributed by atoms with Crippen molar-refractivity contribution in [3.8, 4) is 0 Å². The van der Waals surface area contributed by atoms with E-state index in [1.165, 1.54) is 5.56 Å². The molecule has 1 heterocycles. The van der Waals surface area contributed by atoms with Gasteiger partial charge in [-0.3, -0.25) is 5.10 Å². The molecule has 1 aliphatic rings. The number of H-pyrrole nitrogens is 1. The van der Waals surface area contributed by atoms with Gasteiger partial charge in [-0.05, 0) is 42.4 Å². The third kappa shape index (κ3) is 3.09. The zero-order valence-corrected chi connectivity index (χ0v) is 14.3. The lowest BCUT2D eigenvalue weighted by molar-refractivity contribution is 0.248. The smallest absolute Gasteiger partial charge is 0.319 e. The number of amides is 2. The van der Waals surface area contributed by atoms with Gasteiger partial charge in [0.1, 0.15) is 0 Å². The molecule has 128 valence electrons. The van der Waals surface area contributed by atoms with E-state index in [9.17, 15) is 4.79 Å². The maximum atomic E-state index is 12.4. The zero-order chi connectivity index (χ0) is 17.3. The number of rotatable bonds is 3. The topological polar surface area (TPSA) is 69.8 Å². The third-order valence-electron chi connectivity index (χ3n) is 5.28. The number of hydrogen-bond acceptors (Lipinski definition) is 2. The minimum atomic E-state index is -0.156. The third-order valence-corrected chi connectivity index (χ3v) is 5.28. The minimum absolute atomic E-state index is 0.129. The van der Waals surface area contributed by atoms with Crippen molar-refractivity contribution in [3.63, 3.8) is 0 Å². The largest absolute Gasteiger partial charge is 0.335 e. The maximum Gasteiger partial charge on any atom is 0.319 e. The van der Waals surface area contributed by atoms with Crippen LogP contribution in [-0.4, -0.2) is 22.3 Å². The van der Waals surface area contributed by atoms with Gasteiger partial charge in [0.05, 0.1) is 17.4 Å². The Morgan fingerprint density at radius 3 is 2.88 bits per heavy atom. The van der Waals surface area contributed by atoms with Crippen LogP contribution < -0.4 is 10.6 Å². The second kappa shape index (κ2) is 6.24. The Hall–Kier alpha value is -2.82. The van der Waals surface area contributed by atoms with E-state index >= 15 is 0 Å². The van der Waals surface area contributed by atoms with Gasteiger partial charge in [0.15, 0.2) is 0 Å². The van der Waals surface area contributed by atoms with E-state index in [0.29, 0.717) is 0 Å². The van der Waals surface area contributed by atoms with Crippen LogP contribution in [0.1, 0.15) is 31.7 Å². The molecular weight excluding hydrogens is 312 g/mol. The average Bonchev–Trinajstić information content (AvgIpc) is 3.24. The van der Waals surface area contributed by atoms with Crippen molar-refractivity contribution in [2.24, 2.45) is 0 Å². The van der Waals surface area contributed by atoms with Crippen molar-refractivity contribution in [2.75, 3.05) is 5.32 Å². The monoisotopic (exact) mass is 334 g/mol. The molecule has 2 aromatic carbocycles. The van der Waals surface area contributed by atoms with Crippen LogP contribution in [0.2, 0.25) is 0 Å². The quantitative estimate of drug-likeness (QED) is 0.672. The Bertz CT molecular complexity index is 889. The Balaban J connectivity index is 1.41. The van der Waals surface area contributed by atoms with Crippen LogP contribution in [0.3, 0.4) is 0 Å². The van der Waals surface area contributed by atoms with E-state index < -0.39 is 0 Å². The fraction of sp³-hybridized carbons (Fsp3) is 0.300. The number of nitrogens with one attached hydrogen (secondary N) is 3. The Kier molecular flexibility index (Phi) is 3.92. The predicted octanol–water partition coefficient (Wildman–Crippen LogP) is 4.19. The zero-order valence-electron chi connectivity index (χ0n) is 14.3. The van der Waals surface area contributed by atoms with Crippen molar-refractivity contribution in [1.82, 2.24) is 15.5 Å². The van der Waals surface area contributed by atoms with Crippen LogP contribution in [0.4, 0.5) is 10.5 Å². The average molecular weight is 334 g/mol. The Morgan fingerprint density at radius 2 is 2.04 bits per heavy atom. The molecule has 3 aromatic rings. The lowest BCUT2D eigenvalue weighted by Gasteiger charge is -2.25. The highest BCUT2D eigenvalue weighted by Crippen LogP contribution is 2.40. The molecule has 0 bridgehead atoms. The van der Waals surface area contributed by atoms with Crippen LogP contribution in [0.25, 0.3) is 10.9 Å². The number of aromatic amines is 1. The first-order valence-corrected chi connectivity index (χ1v) is 8.69. The number of carbonyl (C=O) groups is 1. The van der Waals surface area contributed by atoms with Gasteiger partial charge in [-0.15, -0.1) is 0 Å². The highest BCUT2D eigenvalue weighted by molar-refractivity contribution is 6.00.